The normalized spacial score (nSPS) is 20.8. The summed E-state index contributed by atoms with van der Waals surface area (Å²) in [4.78, 5) is 47.6. The average Bonchev–Trinajstić information content (AvgIpc) is 3.96. The van der Waals surface area contributed by atoms with E-state index in [2.05, 4.69) is 0 Å². The molecule has 7 nitrogen and oxygen atoms in total. The summed E-state index contributed by atoms with van der Waals surface area (Å²) in [6.07, 6.45) is 45.6. The minimum Gasteiger partial charge on any atom is -0.870 e. The van der Waals surface area contributed by atoms with Gasteiger partial charge in [0.25, 0.3) is 0 Å². The Bertz CT molecular complexity index is 1210. The molecule has 322 valence electrons. The van der Waals surface area contributed by atoms with Gasteiger partial charge >= 0.3 is 63.3 Å². The molecule has 0 aliphatic heterocycles. The molecule has 0 bridgehead atoms. The first kappa shape index (κ1) is 51.2. The Labute approximate surface area is 390 Å². The van der Waals surface area contributed by atoms with Crippen LogP contribution in [0.2, 0.25) is 0 Å². The summed E-state index contributed by atoms with van der Waals surface area (Å²) in [5.74, 6) is 2.17. The molecule has 8 heteroatoms. The molecular weight excluding hydrogens is 740 g/mol. The quantitative estimate of drug-likeness (QED) is 0.0389. The summed E-state index contributed by atoms with van der Waals surface area (Å²) in [7, 11) is 1.51. The van der Waals surface area contributed by atoms with Crippen molar-refractivity contribution < 1.29 is 85.9 Å². The van der Waals surface area contributed by atoms with Crippen LogP contribution >= 0.6 is 0 Å². The Morgan fingerprint density at radius 2 is 0.684 bits per heavy atom. The van der Waals surface area contributed by atoms with Gasteiger partial charge < -0.3 is 15.3 Å². The van der Waals surface area contributed by atoms with Crippen molar-refractivity contribution >= 4 is 23.5 Å². The van der Waals surface area contributed by atoms with Crippen molar-refractivity contribution in [2.45, 2.75) is 244 Å². The molecule has 6 rings (SSSR count). The number of esters is 1. The molecule has 6 fully saturated rings. The SMILES string of the molecule is COC(=O)C1(CCCCCCCCCCCCC2(C(=O)CC3CC3)CC2)CC1.O=C(O)C1(CCCCCCCCCCCCC2(C(=O)CC3CC3)CC2)CC1.[K+].[OH-]. The van der Waals surface area contributed by atoms with E-state index >= 15 is 0 Å². The largest absolute Gasteiger partial charge is 1.00 e. The van der Waals surface area contributed by atoms with Crippen LogP contribution in [-0.4, -0.2) is 41.2 Å². The van der Waals surface area contributed by atoms with Crippen LogP contribution in [0.15, 0.2) is 0 Å². The number of carbonyl (C=O) groups excluding carboxylic acids is 3. The van der Waals surface area contributed by atoms with Crippen LogP contribution in [0.3, 0.4) is 0 Å². The number of rotatable bonds is 34. The van der Waals surface area contributed by atoms with Crippen molar-refractivity contribution in [3.8, 4) is 0 Å². The standard InChI is InChI=1S/C25H42O3.C24H40O3.K.H2O/c1-28-23(27)25(18-19-25)15-11-9-7-5-3-2-4-6-8-10-14-24(16-17-24)22(26)20-21-12-13-21;25-21(19-20-11-12-20)23(15-16-23)13-9-7-5-3-1-2-4-6-8-10-14-24(17-18-24)22(26)27;;/h21H,2-20H2,1H3;20H,1-19H2,(H,26,27);;1H2/q;;+1;/p-1. The molecule has 0 aromatic heterocycles. The molecule has 6 aliphatic rings. The van der Waals surface area contributed by atoms with Crippen molar-refractivity contribution in [3.63, 3.8) is 0 Å². The van der Waals surface area contributed by atoms with Crippen LogP contribution < -0.4 is 51.4 Å². The summed E-state index contributed by atoms with van der Waals surface area (Å²) in [5.41, 5.74) is -0.115. The fourth-order valence-corrected chi connectivity index (χ4v) is 9.57. The molecule has 57 heavy (non-hydrogen) atoms. The predicted octanol–water partition coefficient (Wildman–Crippen LogP) is 10.3. The van der Waals surface area contributed by atoms with Crippen molar-refractivity contribution in [1.29, 1.82) is 0 Å². The van der Waals surface area contributed by atoms with Gasteiger partial charge in [-0.3, -0.25) is 19.2 Å². The molecule has 0 spiro atoms. The molecule has 0 amide bonds. The number of carboxylic acid groups (broad SMARTS) is 1. The van der Waals surface area contributed by atoms with Gasteiger partial charge in [0.15, 0.2) is 0 Å². The van der Waals surface area contributed by atoms with E-state index in [0.29, 0.717) is 11.6 Å². The number of hydrogen-bond acceptors (Lipinski definition) is 6. The molecule has 2 N–H and O–H groups in total. The van der Waals surface area contributed by atoms with E-state index in [1.807, 2.05) is 0 Å². The number of ether oxygens (including phenoxy) is 1. The monoisotopic (exact) mass is 823 g/mol. The Hall–Kier alpha value is -0.124. The summed E-state index contributed by atoms with van der Waals surface area (Å²) < 4.78 is 4.92. The molecule has 0 aromatic rings. The fourth-order valence-electron chi connectivity index (χ4n) is 9.57. The fraction of sp³-hybridized carbons (Fsp3) is 0.918. The average molecular weight is 823 g/mol. The first-order valence-corrected chi connectivity index (χ1v) is 24.1. The van der Waals surface area contributed by atoms with E-state index in [1.54, 1.807) is 0 Å². The summed E-state index contributed by atoms with van der Waals surface area (Å²) >= 11 is 0. The first-order valence-electron chi connectivity index (χ1n) is 24.1. The molecule has 0 atom stereocenters. The zero-order chi connectivity index (χ0) is 39.0. The van der Waals surface area contributed by atoms with Gasteiger partial charge in [-0.05, 0) is 115 Å². The van der Waals surface area contributed by atoms with Crippen molar-refractivity contribution in [2.75, 3.05) is 7.11 Å². The van der Waals surface area contributed by atoms with Crippen LogP contribution in [-0.2, 0) is 23.9 Å². The van der Waals surface area contributed by atoms with Gasteiger partial charge in [0.2, 0.25) is 0 Å². The van der Waals surface area contributed by atoms with Crippen LogP contribution in [0, 0.1) is 33.5 Å². The van der Waals surface area contributed by atoms with Gasteiger partial charge in [0, 0.05) is 23.7 Å². The Balaban J connectivity index is 0.000000295. The number of Topliss-reactive ketones (excluding diaryl/α,β-unsaturated/α-hetero) is 2. The Morgan fingerprint density at radius 3 is 0.912 bits per heavy atom. The second kappa shape index (κ2) is 25.7. The van der Waals surface area contributed by atoms with Gasteiger partial charge in [-0.2, -0.15) is 0 Å². The van der Waals surface area contributed by atoms with Gasteiger partial charge in [-0.1, -0.05) is 128 Å². The number of aliphatic carboxylic acids is 1. The van der Waals surface area contributed by atoms with Gasteiger partial charge in [-0.15, -0.1) is 0 Å². The molecule has 6 aliphatic carbocycles. The summed E-state index contributed by atoms with van der Waals surface area (Å²) in [6.45, 7) is 0. The zero-order valence-corrected chi connectivity index (χ0v) is 40.1. The number of unbranched alkanes of at least 4 members (excludes halogenated alkanes) is 18. The van der Waals surface area contributed by atoms with Crippen LogP contribution in [0.5, 0.6) is 0 Å². The molecule has 0 saturated heterocycles. The number of ketones is 2. The van der Waals surface area contributed by atoms with E-state index < -0.39 is 5.97 Å². The second-order valence-corrected chi connectivity index (χ2v) is 20.1. The summed E-state index contributed by atoms with van der Waals surface area (Å²) in [6, 6.07) is 0. The molecule has 0 aromatic carbocycles. The maximum atomic E-state index is 12.4. The van der Waals surface area contributed by atoms with E-state index in [4.69, 9.17) is 9.84 Å². The Kier molecular flexibility index (Phi) is 23.1. The van der Waals surface area contributed by atoms with Gasteiger partial charge in [-0.25, -0.2) is 0 Å². The number of methoxy groups -OCH3 is 1. The third kappa shape index (κ3) is 18.4. The minimum absolute atomic E-state index is 0. The van der Waals surface area contributed by atoms with E-state index in [9.17, 15) is 19.2 Å². The first-order chi connectivity index (χ1) is 26.7. The van der Waals surface area contributed by atoms with Crippen molar-refractivity contribution in [2.24, 2.45) is 33.5 Å². The molecular formula is C49H83KO7. The van der Waals surface area contributed by atoms with E-state index in [0.717, 1.165) is 76.0 Å². The molecule has 0 radical (unpaired) electrons. The third-order valence-corrected chi connectivity index (χ3v) is 15.1. The Morgan fingerprint density at radius 1 is 0.439 bits per heavy atom. The second-order valence-electron chi connectivity index (χ2n) is 20.1. The van der Waals surface area contributed by atoms with Crippen LogP contribution in [0.1, 0.15) is 244 Å². The van der Waals surface area contributed by atoms with Crippen molar-refractivity contribution in [1.82, 2.24) is 0 Å². The third-order valence-electron chi connectivity index (χ3n) is 15.1. The van der Waals surface area contributed by atoms with Crippen LogP contribution in [0.25, 0.3) is 0 Å². The topological polar surface area (TPSA) is 128 Å². The molecule has 0 unspecified atom stereocenters. The minimum atomic E-state index is -0.567. The van der Waals surface area contributed by atoms with E-state index in [1.165, 1.54) is 187 Å². The van der Waals surface area contributed by atoms with Gasteiger partial charge in [0.05, 0.1) is 17.9 Å². The smallest absolute Gasteiger partial charge is 0.870 e. The predicted molar refractivity (Wildman–Crippen MR) is 224 cm³/mol. The summed E-state index contributed by atoms with van der Waals surface area (Å²) in [5, 5.41) is 9.16. The molecule has 6 saturated carbocycles. The number of carboxylic acids is 1. The van der Waals surface area contributed by atoms with E-state index in [-0.39, 0.29) is 84.5 Å². The number of carbonyl (C=O) groups is 4. The maximum Gasteiger partial charge on any atom is 1.00 e. The maximum absolute atomic E-state index is 12.4. The zero-order valence-electron chi connectivity index (χ0n) is 37.0. The van der Waals surface area contributed by atoms with Crippen LogP contribution in [0.4, 0.5) is 0 Å². The van der Waals surface area contributed by atoms with Crippen molar-refractivity contribution in [3.05, 3.63) is 0 Å². The van der Waals surface area contributed by atoms with Gasteiger partial charge in [0.1, 0.15) is 11.6 Å². The molecule has 0 heterocycles. The number of hydrogen-bond donors (Lipinski definition) is 1.